The van der Waals surface area contributed by atoms with E-state index in [1.54, 1.807) is 11.1 Å². The van der Waals surface area contributed by atoms with Gasteiger partial charge in [0.05, 0.1) is 0 Å². The topological polar surface area (TPSA) is 0 Å². The standard InChI is InChI=1S/C25H30S2/c1-3-9-19(10-4-1)25(20-11-5-2-6-12-20)21(23-13-7-17-26-23)15-16-22(25)24-14-8-18-27-24/h7-8,13-20H,1-6,9-12H2. The molecule has 3 aliphatic rings. The Kier molecular flexibility index (Phi) is 5.13. The van der Waals surface area contributed by atoms with Crippen molar-refractivity contribution in [3.63, 3.8) is 0 Å². The largest absolute Gasteiger partial charge is 0.144 e. The summed E-state index contributed by atoms with van der Waals surface area (Å²) in [6, 6.07) is 9.25. The molecule has 0 aliphatic heterocycles. The molecular weight excluding hydrogens is 364 g/mol. The minimum absolute atomic E-state index is 0.260. The fraction of sp³-hybridized carbons (Fsp3) is 0.520. The first-order valence-corrected chi connectivity index (χ1v) is 12.7. The number of rotatable bonds is 4. The van der Waals surface area contributed by atoms with Crippen molar-refractivity contribution in [2.45, 2.75) is 64.2 Å². The van der Waals surface area contributed by atoms with Gasteiger partial charge in [-0.15, -0.1) is 22.7 Å². The zero-order valence-electron chi connectivity index (χ0n) is 16.2. The molecule has 0 N–H and O–H groups in total. The van der Waals surface area contributed by atoms with Gasteiger partial charge >= 0.3 is 0 Å². The van der Waals surface area contributed by atoms with Crippen molar-refractivity contribution in [3.8, 4) is 0 Å². The van der Waals surface area contributed by atoms with Crippen molar-refractivity contribution in [3.05, 3.63) is 56.9 Å². The van der Waals surface area contributed by atoms with Crippen molar-refractivity contribution in [1.29, 1.82) is 0 Å². The van der Waals surface area contributed by atoms with Crippen LogP contribution in [0.4, 0.5) is 0 Å². The second-order valence-electron chi connectivity index (χ2n) is 8.65. The maximum Gasteiger partial charge on any atom is 0.0311 e. The summed E-state index contributed by atoms with van der Waals surface area (Å²) in [6.07, 6.45) is 19.3. The minimum atomic E-state index is 0.260. The number of hydrogen-bond acceptors (Lipinski definition) is 2. The third-order valence-electron chi connectivity index (χ3n) is 7.38. The number of thiophene rings is 2. The summed E-state index contributed by atoms with van der Waals surface area (Å²) in [6.45, 7) is 0. The third-order valence-corrected chi connectivity index (χ3v) is 9.19. The Balaban J connectivity index is 1.68. The van der Waals surface area contributed by atoms with Crippen molar-refractivity contribution in [2.75, 3.05) is 0 Å². The van der Waals surface area contributed by atoms with E-state index in [2.05, 4.69) is 47.2 Å². The average Bonchev–Trinajstić information content (AvgIpc) is 3.49. The smallest absolute Gasteiger partial charge is 0.0311 e. The number of allylic oxidation sites excluding steroid dienone is 4. The molecule has 2 saturated carbocycles. The van der Waals surface area contributed by atoms with Crippen molar-refractivity contribution < 1.29 is 0 Å². The summed E-state index contributed by atoms with van der Waals surface area (Å²) in [4.78, 5) is 3.04. The lowest BCUT2D eigenvalue weighted by atomic mass is 9.53. The van der Waals surface area contributed by atoms with Gasteiger partial charge in [-0.05, 0) is 71.6 Å². The van der Waals surface area contributed by atoms with Crippen LogP contribution in [-0.4, -0.2) is 0 Å². The van der Waals surface area contributed by atoms with Crippen LogP contribution in [0.3, 0.4) is 0 Å². The predicted molar refractivity (Wildman–Crippen MR) is 120 cm³/mol. The molecule has 142 valence electrons. The quantitative estimate of drug-likeness (QED) is 0.488. The van der Waals surface area contributed by atoms with E-state index >= 15 is 0 Å². The highest BCUT2D eigenvalue weighted by molar-refractivity contribution is 7.11. The van der Waals surface area contributed by atoms with Crippen LogP contribution in [0.1, 0.15) is 74.0 Å². The lowest BCUT2D eigenvalue weighted by molar-refractivity contribution is 0.134. The zero-order chi connectivity index (χ0) is 18.1. The van der Waals surface area contributed by atoms with Crippen LogP contribution in [0, 0.1) is 17.3 Å². The van der Waals surface area contributed by atoms with E-state index in [4.69, 9.17) is 0 Å². The molecule has 0 nitrogen and oxygen atoms in total. The third kappa shape index (κ3) is 3.00. The lowest BCUT2D eigenvalue weighted by Gasteiger charge is -2.50. The first-order chi connectivity index (χ1) is 13.4. The Morgan fingerprint density at radius 3 is 1.44 bits per heavy atom. The summed E-state index contributed by atoms with van der Waals surface area (Å²) >= 11 is 3.90. The van der Waals surface area contributed by atoms with Gasteiger partial charge in [0.2, 0.25) is 0 Å². The molecule has 2 aromatic heterocycles. The summed E-state index contributed by atoms with van der Waals surface area (Å²) in [5, 5.41) is 4.54. The van der Waals surface area contributed by atoms with E-state index in [-0.39, 0.29) is 5.41 Å². The normalized spacial score (nSPS) is 24.0. The van der Waals surface area contributed by atoms with E-state index in [9.17, 15) is 0 Å². The molecule has 0 aromatic carbocycles. The fourth-order valence-electron chi connectivity index (χ4n) is 6.35. The highest BCUT2D eigenvalue weighted by Gasteiger charge is 2.53. The molecule has 2 heterocycles. The zero-order valence-corrected chi connectivity index (χ0v) is 17.8. The molecule has 27 heavy (non-hydrogen) atoms. The molecule has 0 amide bonds. The summed E-state index contributed by atoms with van der Waals surface area (Å²) < 4.78 is 0. The van der Waals surface area contributed by atoms with Crippen molar-refractivity contribution in [1.82, 2.24) is 0 Å². The Morgan fingerprint density at radius 1 is 0.630 bits per heavy atom. The van der Waals surface area contributed by atoms with Gasteiger partial charge < -0.3 is 0 Å². The van der Waals surface area contributed by atoms with E-state index < -0.39 is 0 Å². The Hall–Kier alpha value is -1.12. The molecule has 0 unspecified atom stereocenters. The molecule has 3 aliphatic carbocycles. The van der Waals surface area contributed by atoms with Gasteiger partial charge in [-0.1, -0.05) is 62.8 Å². The van der Waals surface area contributed by atoms with Gasteiger partial charge in [0.15, 0.2) is 0 Å². The second kappa shape index (κ2) is 7.72. The monoisotopic (exact) mass is 394 g/mol. The highest BCUT2D eigenvalue weighted by Crippen LogP contribution is 2.65. The lowest BCUT2D eigenvalue weighted by Crippen LogP contribution is -2.41. The summed E-state index contributed by atoms with van der Waals surface area (Å²) in [5.74, 6) is 1.64. The minimum Gasteiger partial charge on any atom is -0.144 e. The van der Waals surface area contributed by atoms with Crippen LogP contribution in [0.25, 0.3) is 11.1 Å². The van der Waals surface area contributed by atoms with Crippen LogP contribution in [0.15, 0.2) is 47.2 Å². The Bertz CT molecular complexity index is 724. The first-order valence-electron chi connectivity index (χ1n) is 10.9. The molecule has 2 fully saturated rings. The van der Waals surface area contributed by atoms with Gasteiger partial charge in [0, 0.05) is 15.2 Å². The van der Waals surface area contributed by atoms with Crippen molar-refractivity contribution in [2.24, 2.45) is 17.3 Å². The van der Waals surface area contributed by atoms with Crippen LogP contribution < -0.4 is 0 Å². The van der Waals surface area contributed by atoms with E-state index in [0.29, 0.717) is 0 Å². The van der Waals surface area contributed by atoms with Crippen LogP contribution in [0.2, 0.25) is 0 Å². The molecular formula is C25H30S2. The predicted octanol–water partition coefficient (Wildman–Crippen LogP) is 8.44. The Morgan fingerprint density at radius 2 is 1.07 bits per heavy atom. The molecule has 2 heteroatoms. The van der Waals surface area contributed by atoms with E-state index in [1.807, 2.05) is 22.7 Å². The second-order valence-corrected chi connectivity index (χ2v) is 10.5. The molecule has 0 atom stereocenters. The van der Waals surface area contributed by atoms with Crippen molar-refractivity contribution >= 4 is 33.8 Å². The molecule has 5 rings (SSSR count). The van der Waals surface area contributed by atoms with E-state index in [0.717, 1.165) is 11.8 Å². The van der Waals surface area contributed by atoms with Gasteiger partial charge in [0.1, 0.15) is 0 Å². The molecule has 2 aromatic rings. The first kappa shape index (κ1) is 17.9. The number of hydrogen-bond donors (Lipinski definition) is 0. The Labute approximate surface area is 172 Å². The van der Waals surface area contributed by atoms with Gasteiger partial charge in [-0.25, -0.2) is 0 Å². The SMILES string of the molecule is C1=C(c2cccs2)C(C2CCCCC2)(C2CCCCC2)C(c2cccs2)=C1. The van der Waals surface area contributed by atoms with E-state index in [1.165, 1.54) is 74.0 Å². The molecule has 0 saturated heterocycles. The van der Waals surface area contributed by atoms with Gasteiger partial charge in [0.25, 0.3) is 0 Å². The molecule has 0 radical (unpaired) electrons. The van der Waals surface area contributed by atoms with Crippen LogP contribution in [0.5, 0.6) is 0 Å². The maximum atomic E-state index is 2.52. The highest BCUT2D eigenvalue weighted by atomic mass is 32.1. The van der Waals surface area contributed by atoms with Crippen LogP contribution in [-0.2, 0) is 0 Å². The summed E-state index contributed by atoms with van der Waals surface area (Å²) in [7, 11) is 0. The fourth-order valence-corrected chi connectivity index (χ4v) is 8.00. The van der Waals surface area contributed by atoms with Gasteiger partial charge in [-0.2, -0.15) is 0 Å². The summed E-state index contributed by atoms with van der Waals surface area (Å²) in [5.41, 5.74) is 3.59. The van der Waals surface area contributed by atoms with Gasteiger partial charge in [-0.3, -0.25) is 0 Å². The molecule has 0 bridgehead atoms. The molecule has 0 spiro atoms. The average molecular weight is 395 g/mol. The van der Waals surface area contributed by atoms with Crippen LogP contribution >= 0.6 is 22.7 Å². The maximum absolute atomic E-state index is 2.52.